The van der Waals surface area contributed by atoms with Crippen molar-refractivity contribution < 1.29 is 19.4 Å². The molecular weight excluding hydrogens is 224 g/mol. The number of fused-ring (bicyclic) bond motifs is 1. The molecule has 2 aliphatic heterocycles. The summed E-state index contributed by atoms with van der Waals surface area (Å²) in [5, 5.41) is 17.5. The first kappa shape index (κ1) is 13.9. The van der Waals surface area contributed by atoms with Crippen molar-refractivity contribution in [2.45, 2.75) is 38.2 Å². The minimum atomic E-state index is -0.977. The van der Waals surface area contributed by atoms with Crippen molar-refractivity contribution in [3.63, 3.8) is 0 Å². The molecule has 2 heterocycles. The molecule has 0 aromatic heterocycles. The van der Waals surface area contributed by atoms with Gasteiger partial charge in [0.1, 0.15) is 5.60 Å². The molecule has 0 aliphatic carbocycles. The van der Waals surface area contributed by atoms with E-state index in [1.165, 1.54) is 0 Å². The van der Waals surface area contributed by atoms with Crippen molar-refractivity contribution >= 4 is 6.47 Å². The lowest BCUT2D eigenvalue weighted by atomic mass is 10.2. The summed E-state index contributed by atoms with van der Waals surface area (Å²) < 4.78 is 9.77. The molecule has 3 atom stereocenters. The van der Waals surface area contributed by atoms with E-state index in [-0.39, 0.29) is 5.60 Å². The van der Waals surface area contributed by atoms with Gasteiger partial charge in [-0.3, -0.25) is 9.69 Å². The standard InChI is InChI=1S/C6H8N2O2.C5H10O2/c7-3-5(9)6-4-8(6)1-2-10-6;1-5(2,3)7-4-6/h5,9H,1-2,4H2;4H,1-3H3. The third kappa shape index (κ3) is 3.40. The lowest BCUT2D eigenvalue weighted by Gasteiger charge is -2.14. The Hall–Kier alpha value is -1.16. The van der Waals surface area contributed by atoms with Crippen molar-refractivity contribution in [2.24, 2.45) is 0 Å². The van der Waals surface area contributed by atoms with Crippen LogP contribution in [-0.2, 0) is 14.3 Å². The van der Waals surface area contributed by atoms with Gasteiger partial charge in [0.15, 0.2) is 11.8 Å². The van der Waals surface area contributed by atoms with Gasteiger partial charge in [0.25, 0.3) is 6.47 Å². The summed E-state index contributed by atoms with van der Waals surface area (Å²) in [6, 6.07) is 1.78. The quantitative estimate of drug-likeness (QED) is 0.412. The highest BCUT2D eigenvalue weighted by Gasteiger charge is 2.62. The molecule has 2 saturated heterocycles. The first-order valence-corrected chi connectivity index (χ1v) is 5.44. The Bertz CT molecular complexity index is 320. The largest absolute Gasteiger partial charge is 0.462 e. The number of hydrogen-bond donors (Lipinski definition) is 1. The molecule has 6 heteroatoms. The van der Waals surface area contributed by atoms with E-state index in [2.05, 4.69) is 4.74 Å². The maximum atomic E-state index is 9.60. The van der Waals surface area contributed by atoms with Crippen molar-refractivity contribution in [1.82, 2.24) is 4.90 Å². The van der Waals surface area contributed by atoms with Crippen LogP contribution >= 0.6 is 0 Å². The van der Waals surface area contributed by atoms with E-state index in [0.717, 1.165) is 6.54 Å². The molecule has 0 amide bonds. The zero-order chi connectivity index (χ0) is 13.1. The normalized spacial score (nSPS) is 31.4. The van der Waals surface area contributed by atoms with Crippen LogP contribution < -0.4 is 0 Å². The minimum absolute atomic E-state index is 0.318. The highest BCUT2D eigenvalue weighted by Crippen LogP contribution is 2.40. The molecule has 3 unspecified atom stereocenters. The van der Waals surface area contributed by atoms with Gasteiger partial charge in [0.2, 0.25) is 0 Å². The summed E-state index contributed by atoms with van der Waals surface area (Å²) >= 11 is 0. The van der Waals surface area contributed by atoms with E-state index >= 15 is 0 Å². The Kier molecular flexibility index (Phi) is 4.09. The molecule has 0 saturated carbocycles. The van der Waals surface area contributed by atoms with Gasteiger partial charge in [-0.2, -0.15) is 5.26 Å². The number of carbonyl (C=O) groups excluding carboxylic acids is 1. The molecule has 2 rings (SSSR count). The van der Waals surface area contributed by atoms with Crippen LogP contribution in [0.4, 0.5) is 0 Å². The number of rotatable bonds is 2. The van der Waals surface area contributed by atoms with Crippen LogP contribution in [0.25, 0.3) is 0 Å². The molecule has 2 aliphatic rings. The topological polar surface area (TPSA) is 82.6 Å². The second-order valence-corrected chi connectivity index (χ2v) is 4.97. The van der Waals surface area contributed by atoms with Gasteiger partial charge in [-0.1, -0.05) is 0 Å². The van der Waals surface area contributed by atoms with Gasteiger partial charge in [-0.15, -0.1) is 0 Å². The summed E-state index contributed by atoms with van der Waals surface area (Å²) in [4.78, 5) is 11.6. The number of nitrogens with zero attached hydrogens (tertiary/aromatic N) is 2. The number of nitriles is 1. The maximum absolute atomic E-state index is 9.60. The molecular formula is C11H18N2O4. The van der Waals surface area contributed by atoms with Crippen molar-refractivity contribution in [3.8, 4) is 6.07 Å². The highest BCUT2D eigenvalue weighted by atomic mass is 16.6. The minimum Gasteiger partial charge on any atom is -0.462 e. The van der Waals surface area contributed by atoms with Crippen molar-refractivity contribution in [1.29, 1.82) is 5.26 Å². The molecule has 1 N–H and O–H groups in total. The Balaban J connectivity index is 0.000000185. The van der Waals surface area contributed by atoms with Crippen LogP contribution in [0.3, 0.4) is 0 Å². The Morgan fingerprint density at radius 3 is 2.53 bits per heavy atom. The molecule has 0 aromatic carbocycles. The van der Waals surface area contributed by atoms with Crippen LogP contribution in [0.5, 0.6) is 0 Å². The van der Waals surface area contributed by atoms with Gasteiger partial charge in [-0.25, -0.2) is 0 Å². The van der Waals surface area contributed by atoms with E-state index in [9.17, 15) is 4.79 Å². The Morgan fingerprint density at radius 2 is 2.29 bits per heavy atom. The zero-order valence-electron chi connectivity index (χ0n) is 10.3. The summed E-state index contributed by atoms with van der Waals surface area (Å²) in [5.41, 5.74) is -0.920. The van der Waals surface area contributed by atoms with Crippen LogP contribution in [0, 0.1) is 11.3 Å². The second-order valence-electron chi connectivity index (χ2n) is 4.97. The molecule has 17 heavy (non-hydrogen) atoms. The van der Waals surface area contributed by atoms with Crippen LogP contribution in [0.2, 0.25) is 0 Å². The van der Waals surface area contributed by atoms with Crippen molar-refractivity contribution in [3.05, 3.63) is 0 Å². The third-order valence-corrected chi connectivity index (χ3v) is 2.51. The lowest BCUT2D eigenvalue weighted by molar-refractivity contribution is -0.138. The molecule has 0 spiro atoms. The van der Waals surface area contributed by atoms with Gasteiger partial charge in [0, 0.05) is 13.1 Å². The number of ether oxygens (including phenoxy) is 2. The predicted molar refractivity (Wildman–Crippen MR) is 58.8 cm³/mol. The smallest absolute Gasteiger partial charge is 0.293 e. The molecule has 6 nitrogen and oxygen atoms in total. The van der Waals surface area contributed by atoms with E-state index in [0.29, 0.717) is 19.6 Å². The van der Waals surface area contributed by atoms with Crippen LogP contribution in [0.1, 0.15) is 20.8 Å². The average molecular weight is 242 g/mol. The number of aliphatic hydroxyl groups excluding tert-OH is 1. The summed E-state index contributed by atoms with van der Waals surface area (Å²) in [6.07, 6.45) is -0.977. The monoisotopic (exact) mass is 242 g/mol. The zero-order valence-corrected chi connectivity index (χ0v) is 10.3. The Morgan fingerprint density at radius 1 is 1.65 bits per heavy atom. The molecule has 0 bridgehead atoms. The van der Waals surface area contributed by atoms with E-state index in [1.807, 2.05) is 25.7 Å². The van der Waals surface area contributed by atoms with E-state index in [1.54, 1.807) is 6.07 Å². The first-order valence-electron chi connectivity index (χ1n) is 5.44. The fourth-order valence-electron chi connectivity index (χ4n) is 1.56. The fraction of sp³-hybridized carbons (Fsp3) is 0.818. The van der Waals surface area contributed by atoms with Crippen LogP contribution in [0.15, 0.2) is 0 Å². The lowest BCUT2D eigenvalue weighted by Crippen LogP contribution is -2.31. The molecule has 96 valence electrons. The molecule has 0 aromatic rings. The highest BCUT2D eigenvalue weighted by molar-refractivity contribution is 5.37. The number of morpholine rings is 1. The third-order valence-electron chi connectivity index (χ3n) is 2.51. The van der Waals surface area contributed by atoms with Crippen molar-refractivity contribution in [2.75, 3.05) is 19.7 Å². The number of aliphatic hydroxyl groups is 1. The fourth-order valence-corrected chi connectivity index (χ4v) is 1.56. The van der Waals surface area contributed by atoms with Crippen LogP contribution in [-0.4, -0.2) is 53.6 Å². The van der Waals surface area contributed by atoms with Gasteiger partial charge in [-0.05, 0) is 20.8 Å². The SMILES string of the molecule is CC(C)(C)OC=O.N#CC(O)C12CN1CCO2. The number of hydrogen-bond acceptors (Lipinski definition) is 6. The summed E-state index contributed by atoms with van der Waals surface area (Å²) in [5.74, 6) is 0. The first-order chi connectivity index (χ1) is 7.85. The van der Waals surface area contributed by atoms with E-state index < -0.39 is 11.8 Å². The predicted octanol–water partition coefficient (Wildman–Crippen LogP) is -0.129. The van der Waals surface area contributed by atoms with E-state index in [4.69, 9.17) is 15.1 Å². The summed E-state index contributed by atoms with van der Waals surface area (Å²) in [6.45, 7) is 8.11. The van der Waals surface area contributed by atoms with Gasteiger partial charge >= 0.3 is 0 Å². The maximum Gasteiger partial charge on any atom is 0.293 e. The average Bonchev–Trinajstić information content (AvgIpc) is 2.80. The number of carbonyl (C=O) groups is 1. The molecule has 2 fully saturated rings. The van der Waals surface area contributed by atoms with Gasteiger partial charge < -0.3 is 14.6 Å². The summed E-state index contributed by atoms with van der Waals surface area (Å²) in [7, 11) is 0. The second kappa shape index (κ2) is 5.00. The molecule has 0 radical (unpaired) electrons. The Labute approximate surface area is 101 Å². The van der Waals surface area contributed by atoms with Gasteiger partial charge in [0.05, 0.1) is 12.7 Å².